The molecule has 1 aromatic rings. The topological polar surface area (TPSA) is 0 Å². The molecule has 0 aliphatic heterocycles. The Morgan fingerprint density at radius 1 is 1.40 bits per heavy atom. The highest BCUT2D eigenvalue weighted by Gasteiger charge is 1.86. The minimum atomic E-state index is 0.709. The van der Waals surface area contributed by atoms with Crippen molar-refractivity contribution in [2.24, 2.45) is 0 Å². The number of benzene rings is 1. The number of rotatable bonds is 0. The molecule has 0 aliphatic carbocycles. The average molecular weight is 150 g/mol. The summed E-state index contributed by atoms with van der Waals surface area (Å²) < 4.78 is 0. The summed E-state index contributed by atoms with van der Waals surface area (Å²) >= 11 is 5.69. The van der Waals surface area contributed by atoms with Gasteiger partial charge in [-0.3, -0.25) is 0 Å². The van der Waals surface area contributed by atoms with Crippen LogP contribution in [0.3, 0.4) is 0 Å². The Morgan fingerprint density at radius 2 is 2.20 bits per heavy atom. The van der Waals surface area contributed by atoms with Gasteiger partial charge in [-0.2, -0.15) is 0 Å². The fraction of sp³-hybridized carbons (Fsp3) is 0. The largest absolute Gasteiger partial charge is 0.0969 e. The van der Waals surface area contributed by atoms with Gasteiger partial charge in [-0.1, -0.05) is 29.5 Å². The van der Waals surface area contributed by atoms with Crippen molar-refractivity contribution in [3.05, 3.63) is 41.8 Å². The Bertz CT molecular complexity index is 278. The molecular formula is C9H6Cl. The molecule has 0 N–H and O–H groups in total. The molecule has 0 saturated heterocycles. The van der Waals surface area contributed by atoms with Crippen molar-refractivity contribution >= 4 is 11.6 Å². The van der Waals surface area contributed by atoms with Crippen molar-refractivity contribution in [3.8, 4) is 11.8 Å². The third kappa shape index (κ3) is 1.79. The molecular weight excluding hydrogens is 144 g/mol. The summed E-state index contributed by atoms with van der Waals surface area (Å²) in [7, 11) is 0. The quantitative estimate of drug-likeness (QED) is 0.498. The summed E-state index contributed by atoms with van der Waals surface area (Å²) in [5, 5.41) is 0.709. The van der Waals surface area contributed by atoms with Crippen LogP contribution in [0, 0.1) is 18.8 Å². The van der Waals surface area contributed by atoms with Crippen LogP contribution in [0.25, 0.3) is 0 Å². The Balaban J connectivity index is 3.03. The second kappa shape index (κ2) is 3.29. The van der Waals surface area contributed by atoms with Gasteiger partial charge in [-0.25, -0.2) is 0 Å². The number of hydrogen-bond acceptors (Lipinski definition) is 0. The monoisotopic (exact) mass is 149 g/mol. The van der Waals surface area contributed by atoms with Crippen molar-refractivity contribution in [3.63, 3.8) is 0 Å². The maximum atomic E-state index is 5.69. The Labute approximate surface area is 65.8 Å². The molecule has 1 aromatic carbocycles. The summed E-state index contributed by atoms with van der Waals surface area (Å²) in [4.78, 5) is 0. The fourth-order valence-corrected chi connectivity index (χ4v) is 0.859. The van der Waals surface area contributed by atoms with Crippen molar-refractivity contribution in [1.29, 1.82) is 0 Å². The zero-order chi connectivity index (χ0) is 7.40. The zero-order valence-corrected chi connectivity index (χ0v) is 6.15. The normalized spacial score (nSPS) is 8.20. The van der Waals surface area contributed by atoms with E-state index in [0.717, 1.165) is 5.56 Å². The lowest BCUT2D eigenvalue weighted by molar-refractivity contribution is 1.65. The summed E-state index contributed by atoms with van der Waals surface area (Å²) in [5.41, 5.74) is 0.905. The number of hydrogen-bond donors (Lipinski definition) is 0. The summed E-state index contributed by atoms with van der Waals surface area (Å²) in [6.07, 6.45) is 0. The lowest BCUT2D eigenvalue weighted by atomic mass is 10.2. The molecule has 49 valence electrons. The van der Waals surface area contributed by atoms with Crippen molar-refractivity contribution in [2.75, 3.05) is 0 Å². The Morgan fingerprint density at radius 3 is 2.80 bits per heavy atom. The third-order valence-electron chi connectivity index (χ3n) is 1.06. The molecule has 0 saturated carbocycles. The lowest BCUT2D eigenvalue weighted by Gasteiger charge is -1.88. The zero-order valence-electron chi connectivity index (χ0n) is 5.39. The van der Waals surface area contributed by atoms with Crippen LogP contribution in [0.4, 0.5) is 0 Å². The molecule has 1 radical (unpaired) electrons. The third-order valence-corrected chi connectivity index (χ3v) is 1.29. The van der Waals surface area contributed by atoms with Gasteiger partial charge in [0.1, 0.15) is 0 Å². The van der Waals surface area contributed by atoms with E-state index in [9.17, 15) is 0 Å². The predicted octanol–water partition coefficient (Wildman–Crippen LogP) is 2.53. The molecule has 0 aromatic heterocycles. The summed E-state index contributed by atoms with van der Waals surface area (Å²) in [5.74, 6) is 5.36. The van der Waals surface area contributed by atoms with E-state index in [-0.39, 0.29) is 0 Å². The van der Waals surface area contributed by atoms with E-state index in [1.807, 2.05) is 18.2 Å². The standard InChI is InChI=1S/C9H6Cl/c1-2-4-8-5-3-6-9(10)7-8/h3,5-7H,1H2. The lowest BCUT2D eigenvalue weighted by Crippen LogP contribution is -1.71. The minimum absolute atomic E-state index is 0.709. The minimum Gasteiger partial charge on any atom is -0.0969 e. The van der Waals surface area contributed by atoms with Gasteiger partial charge in [0, 0.05) is 17.5 Å². The Kier molecular flexibility index (Phi) is 2.36. The van der Waals surface area contributed by atoms with Crippen LogP contribution in [-0.2, 0) is 0 Å². The van der Waals surface area contributed by atoms with Crippen LogP contribution >= 0.6 is 11.6 Å². The van der Waals surface area contributed by atoms with Crippen molar-refractivity contribution < 1.29 is 0 Å². The molecule has 10 heavy (non-hydrogen) atoms. The average Bonchev–Trinajstić information content (AvgIpc) is 1.88. The van der Waals surface area contributed by atoms with E-state index in [0.29, 0.717) is 5.02 Å². The van der Waals surface area contributed by atoms with E-state index in [1.54, 1.807) is 6.07 Å². The van der Waals surface area contributed by atoms with Gasteiger partial charge in [-0.15, -0.1) is 0 Å². The summed E-state index contributed by atoms with van der Waals surface area (Å²) in [6.45, 7) is 3.41. The second-order valence-corrected chi connectivity index (χ2v) is 2.25. The summed E-state index contributed by atoms with van der Waals surface area (Å²) in [6, 6.07) is 7.38. The van der Waals surface area contributed by atoms with Crippen LogP contribution < -0.4 is 0 Å². The van der Waals surface area contributed by atoms with Crippen molar-refractivity contribution in [2.45, 2.75) is 0 Å². The highest BCUT2D eigenvalue weighted by Crippen LogP contribution is 2.08. The molecule has 1 rings (SSSR count). The maximum absolute atomic E-state index is 5.69. The molecule has 0 unspecified atom stereocenters. The van der Waals surface area contributed by atoms with Crippen LogP contribution in [0.5, 0.6) is 0 Å². The van der Waals surface area contributed by atoms with Crippen LogP contribution in [-0.4, -0.2) is 0 Å². The van der Waals surface area contributed by atoms with E-state index < -0.39 is 0 Å². The van der Waals surface area contributed by atoms with Crippen molar-refractivity contribution in [1.82, 2.24) is 0 Å². The van der Waals surface area contributed by atoms with E-state index in [1.165, 1.54) is 0 Å². The molecule has 1 heteroatoms. The predicted molar refractivity (Wildman–Crippen MR) is 43.7 cm³/mol. The SMILES string of the molecule is [CH2]C#Cc1cccc(Cl)c1. The highest BCUT2D eigenvalue weighted by atomic mass is 35.5. The molecule has 0 bridgehead atoms. The van der Waals surface area contributed by atoms with Crippen LogP contribution in [0.2, 0.25) is 5.02 Å². The fourth-order valence-electron chi connectivity index (χ4n) is 0.668. The molecule has 0 aliphatic rings. The molecule has 0 amide bonds. The van der Waals surface area contributed by atoms with Gasteiger partial charge >= 0.3 is 0 Å². The van der Waals surface area contributed by atoms with Gasteiger partial charge in [0.2, 0.25) is 0 Å². The van der Waals surface area contributed by atoms with Gasteiger partial charge in [-0.05, 0) is 18.2 Å². The first-order valence-electron chi connectivity index (χ1n) is 2.86. The van der Waals surface area contributed by atoms with E-state index in [4.69, 9.17) is 11.6 Å². The first-order chi connectivity index (χ1) is 4.83. The van der Waals surface area contributed by atoms with Gasteiger partial charge in [0.15, 0.2) is 0 Å². The van der Waals surface area contributed by atoms with Gasteiger partial charge < -0.3 is 0 Å². The highest BCUT2D eigenvalue weighted by molar-refractivity contribution is 6.30. The molecule has 0 nitrogen and oxygen atoms in total. The van der Waals surface area contributed by atoms with Crippen LogP contribution in [0.15, 0.2) is 24.3 Å². The second-order valence-electron chi connectivity index (χ2n) is 1.81. The smallest absolute Gasteiger partial charge is 0.0418 e. The van der Waals surface area contributed by atoms with Crippen LogP contribution in [0.1, 0.15) is 5.56 Å². The number of halogens is 1. The Hall–Kier alpha value is -0.930. The maximum Gasteiger partial charge on any atom is 0.0418 e. The van der Waals surface area contributed by atoms with E-state index >= 15 is 0 Å². The molecule has 0 atom stereocenters. The van der Waals surface area contributed by atoms with Gasteiger partial charge in [0.05, 0.1) is 0 Å². The first kappa shape index (κ1) is 7.18. The molecule has 0 fully saturated rings. The van der Waals surface area contributed by atoms with E-state index in [2.05, 4.69) is 18.8 Å². The first-order valence-corrected chi connectivity index (χ1v) is 3.24. The molecule has 0 spiro atoms. The molecule has 0 heterocycles. The van der Waals surface area contributed by atoms with Gasteiger partial charge in [0.25, 0.3) is 0 Å².